The standard InChI is InChI=1S/C17H24F2N2O4/c1-3-24-13-6-8-21(9-7-13)17(22)20-11-12-4-5-14(25-16(18)19)15(10-12)23-2/h4-5,10,13,16H,3,6-9,11H2,1-2H3,(H,20,22). The molecule has 8 heteroatoms. The maximum atomic E-state index is 12.3. The summed E-state index contributed by atoms with van der Waals surface area (Å²) >= 11 is 0. The zero-order chi connectivity index (χ0) is 18.2. The van der Waals surface area contributed by atoms with E-state index in [-0.39, 0.29) is 30.2 Å². The van der Waals surface area contributed by atoms with E-state index < -0.39 is 6.61 Å². The van der Waals surface area contributed by atoms with Gasteiger partial charge in [0.25, 0.3) is 0 Å². The van der Waals surface area contributed by atoms with E-state index in [1.54, 1.807) is 17.0 Å². The Hall–Kier alpha value is -2.09. The third-order valence-corrected chi connectivity index (χ3v) is 4.02. The van der Waals surface area contributed by atoms with Gasteiger partial charge < -0.3 is 24.4 Å². The molecule has 0 aromatic heterocycles. The van der Waals surface area contributed by atoms with Crippen LogP contribution in [0.25, 0.3) is 0 Å². The summed E-state index contributed by atoms with van der Waals surface area (Å²) in [5.74, 6) is 0.162. The Morgan fingerprint density at radius 3 is 2.64 bits per heavy atom. The second-order valence-corrected chi connectivity index (χ2v) is 5.66. The fraction of sp³-hybridized carbons (Fsp3) is 0.588. The minimum absolute atomic E-state index is 0.0365. The second kappa shape index (κ2) is 9.41. The zero-order valence-corrected chi connectivity index (χ0v) is 14.5. The third kappa shape index (κ3) is 5.74. The molecule has 1 aromatic carbocycles. The highest BCUT2D eigenvalue weighted by atomic mass is 19.3. The van der Waals surface area contributed by atoms with E-state index in [0.29, 0.717) is 19.7 Å². The highest BCUT2D eigenvalue weighted by Crippen LogP contribution is 2.29. The Bertz CT molecular complexity index is 564. The number of hydrogen-bond donors (Lipinski definition) is 1. The van der Waals surface area contributed by atoms with E-state index in [1.165, 1.54) is 13.2 Å². The molecule has 1 fully saturated rings. The minimum Gasteiger partial charge on any atom is -0.493 e. The quantitative estimate of drug-likeness (QED) is 0.814. The van der Waals surface area contributed by atoms with Gasteiger partial charge in [-0.05, 0) is 37.5 Å². The average molecular weight is 358 g/mol. The molecule has 1 aromatic rings. The van der Waals surface area contributed by atoms with Crippen LogP contribution < -0.4 is 14.8 Å². The number of amides is 2. The number of hydrogen-bond acceptors (Lipinski definition) is 4. The number of carbonyl (C=O) groups excluding carboxylic acids is 1. The van der Waals surface area contributed by atoms with Crippen molar-refractivity contribution in [1.29, 1.82) is 0 Å². The van der Waals surface area contributed by atoms with Crippen molar-refractivity contribution in [1.82, 2.24) is 10.2 Å². The molecule has 1 N–H and O–H groups in total. The molecule has 1 heterocycles. The van der Waals surface area contributed by atoms with Crippen LogP contribution in [0.4, 0.5) is 13.6 Å². The van der Waals surface area contributed by atoms with Gasteiger partial charge in [0, 0.05) is 26.2 Å². The lowest BCUT2D eigenvalue weighted by atomic mass is 10.1. The highest BCUT2D eigenvalue weighted by molar-refractivity contribution is 5.74. The molecule has 1 aliphatic heterocycles. The highest BCUT2D eigenvalue weighted by Gasteiger charge is 2.22. The van der Waals surface area contributed by atoms with Crippen molar-refractivity contribution in [2.24, 2.45) is 0 Å². The Kier molecular flexibility index (Phi) is 7.24. The summed E-state index contributed by atoms with van der Waals surface area (Å²) in [5, 5.41) is 2.83. The Morgan fingerprint density at radius 2 is 2.04 bits per heavy atom. The molecular weight excluding hydrogens is 334 g/mol. The smallest absolute Gasteiger partial charge is 0.387 e. The third-order valence-electron chi connectivity index (χ3n) is 4.02. The van der Waals surface area contributed by atoms with Crippen LogP contribution in [-0.2, 0) is 11.3 Å². The van der Waals surface area contributed by atoms with Crippen molar-refractivity contribution in [2.45, 2.75) is 39.0 Å². The van der Waals surface area contributed by atoms with Crippen molar-refractivity contribution < 1.29 is 27.8 Å². The van der Waals surface area contributed by atoms with Crippen LogP contribution in [0.15, 0.2) is 18.2 Å². The summed E-state index contributed by atoms with van der Waals surface area (Å²) in [7, 11) is 1.37. The van der Waals surface area contributed by atoms with E-state index in [2.05, 4.69) is 10.1 Å². The molecule has 0 radical (unpaired) electrons. The molecule has 1 saturated heterocycles. The van der Waals surface area contributed by atoms with Gasteiger partial charge in [-0.15, -0.1) is 0 Å². The first-order chi connectivity index (χ1) is 12.0. The van der Waals surface area contributed by atoms with E-state index in [9.17, 15) is 13.6 Å². The van der Waals surface area contributed by atoms with Gasteiger partial charge in [0.15, 0.2) is 11.5 Å². The minimum atomic E-state index is -2.92. The molecule has 140 valence electrons. The molecule has 6 nitrogen and oxygen atoms in total. The first kappa shape index (κ1) is 19.2. The largest absolute Gasteiger partial charge is 0.493 e. The van der Waals surface area contributed by atoms with Crippen LogP contribution in [-0.4, -0.2) is 50.5 Å². The topological polar surface area (TPSA) is 60.0 Å². The van der Waals surface area contributed by atoms with E-state index in [4.69, 9.17) is 9.47 Å². The number of methoxy groups -OCH3 is 1. The zero-order valence-electron chi connectivity index (χ0n) is 14.5. The maximum Gasteiger partial charge on any atom is 0.387 e. The van der Waals surface area contributed by atoms with Crippen LogP contribution in [0.5, 0.6) is 11.5 Å². The summed E-state index contributed by atoms with van der Waals surface area (Å²) in [6.07, 6.45) is 1.88. The number of urea groups is 1. The summed E-state index contributed by atoms with van der Waals surface area (Å²) < 4.78 is 39.6. The second-order valence-electron chi connectivity index (χ2n) is 5.66. The number of piperidine rings is 1. The number of nitrogens with one attached hydrogen (secondary N) is 1. The molecule has 0 bridgehead atoms. The van der Waals surface area contributed by atoms with Crippen molar-refractivity contribution in [3.8, 4) is 11.5 Å². The SMILES string of the molecule is CCOC1CCN(C(=O)NCc2ccc(OC(F)F)c(OC)c2)CC1. The van der Waals surface area contributed by atoms with Crippen LogP contribution in [0.3, 0.4) is 0 Å². The predicted molar refractivity (Wildman–Crippen MR) is 88.1 cm³/mol. The molecule has 0 spiro atoms. The van der Waals surface area contributed by atoms with Crippen LogP contribution in [0.1, 0.15) is 25.3 Å². The normalized spacial score (nSPS) is 15.3. The van der Waals surface area contributed by atoms with E-state index >= 15 is 0 Å². The Labute approximate surface area is 146 Å². The monoisotopic (exact) mass is 358 g/mol. The molecule has 2 amide bonds. The Balaban J connectivity index is 1.85. The van der Waals surface area contributed by atoms with E-state index in [0.717, 1.165) is 18.4 Å². The van der Waals surface area contributed by atoms with Gasteiger partial charge in [-0.2, -0.15) is 8.78 Å². The van der Waals surface area contributed by atoms with Crippen molar-refractivity contribution in [3.63, 3.8) is 0 Å². The Morgan fingerprint density at radius 1 is 1.32 bits per heavy atom. The van der Waals surface area contributed by atoms with Gasteiger partial charge in [-0.1, -0.05) is 6.07 Å². The van der Waals surface area contributed by atoms with Gasteiger partial charge in [0.05, 0.1) is 13.2 Å². The molecule has 0 aliphatic carbocycles. The lowest BCUT2D eigenvalue weighted by molar-refractivity contribution is -0.0512. The molecule has 0 saturated carbocycles. The average Bonchev–Trinajstić information content (AvgIpc) is 2.61. The van der Waals surface area contributed by atoms with Crippen LogP contribution >= 0.6 is 0 Å². The molecular formula is C17H24F2N2O4. The van der Waals surface area contributed by atoms with Crippen molar-refractivity contribution >= 4 is 6.03 Å². The summed E-state index contributed by atoms with van der Waals surface area (Å²) in [5.41, 5.74) is 0.732. The number of ether oxygens (including phenoxy) is 3. The van der Waals surface area contributed by atoms with Crippen molar-refractivity contribution in [2.75, 3.05) is 26.8 Å². The summed E-state index contributed by atoms with van der Waals surface area (Å²) in [4.78, 5) is 14.0. The van der Waals surface area contributed by atoms with Crippen molar-refractivity contribution in [3.05, 3.63) is 23.8 Å². The summed E-state index contributed by atoms with van der Waals surface area (Å²) in [6.45, 7) is 1.31. The molecule has 1 aliphatic rings. The fourth-order valence-electron chi connectivity index (χ4n) is 2.77. The number of nitrogens with zero attached hydrogens (tertiary/aromatic N) is 1. The fourth-order valence-corrected chi connectivity index (χ4v) is 2.77. The first-order valence-corrected chi connectivity index (χ1v) is 8.29. The van der Waals surface area contributed by atoms with Crippen LogP contribution in [0, 0.1) is 0 Å². The van der Waals surface area contributed by atoms with Gasteiger partial charge in [-0.25, -0.2) is 4.79 Å². The molecule has 25 heavy (non-hydrogen) atoms. The lowest BCUT2D eigenvalue weighted by Crippen LogP contribution is -2.45. The molecule has 0 unspecified atom stereocenters. The number of alkyl halides is 2. The van der Waals surface area contributed by atoms with Crippen LogP contribution in [0.2, 0.25) is 0 Å². The van der Waals surface area contributed by atoms with Gasteiger partial charge in [0.1, 0.15) is 0 Å². The predicted octanol–water partition coefficient (Wildman–Crippen LogP) is 3.01. The molecule has 2 rings (SSSR count). The number of halogens is 2. The lowest BCUT2D eigenvalue weighted by Gasteiger charge is -2.31. The first-order valence-electron chi connectivity index (χ1n) is 8.29. The number of carbonyl (C=O) groups is 1. The number of rotatable bonds is 7. The van der Waals surface area contributed by atoms with Gasteiger partial charge in [0.2, 0.25) is 0 Å². The molecule has 0 atom stereocenters. The van der Waals surface area contributed by atoms with Gasteiger partial charge >= 0.3 is 12.6 Å². The maximum absolute atomic E-state index is 12.3. The van der Waals surface area contributed by atoms with Gasteiger partial charge in [-0.3, -0.25) is 0 Å². The number of likely N-dealkylation sites (tertiary alicyclic amines) is 1. The van der Waals surface area contributed by atoms with E-state index in [1.807, 2.05) is 6.92 Å². The summed E-state index contributed by atoms with van der Waals surface area (Å²) in [6, 6.07) is 4.43. The number of benzene rings is 1.